The van der Waals surface area contributed by atoms with Gasteiger partial charge in [0.25, 0.3) is 0 Å². The SMILES string of the molecule is CC(C)(C)c1ccc([I+]c2ccccc2)cc1.CC(C)(C)c1ccc([I+]c2ccccc2)cc1.O=S(=O)([O-])C(F)(F)C(F)(F)C(F)(F)C(F)(F)C(F)(F)C(F)(F)C(F)(F)C(F)(F)F.O=S(=O)([O-])C(F)(F)C(F)(F)C(F)(F)C(F)(F)C(F)(F)C(F)(F)C(F)(F)C(F)(F)F. The van der Waals surface area contributed by atoms with Gasteiger partial charge >= 0.3 is 136 Å². The second-order valence-electron chi connectivity index (χ2n) is 20.1. The van der Waals surface area contributed by atoms with Crippen LogP contribution < -0.4 is 42.4 Å². The van der Waals surface area contributed by atoms with E-state index in [4.69, 9.17) is 0 Å². The Hall–Kier alpha value is -4.22. The number of hydrogen-bond acceptors (Lipinski definition) is 6. The average Bonchev–Trinajstić information content (AvgIpc) is 0.700. The summed E-state index contributed by atoms with van der Waals surface area (Å²) in [4.78, 5) is 0. The molecule has 0 N–H and O–H groups in total. The van der Waals surface area contributed by atoms with Gasteiger partial charge in [0.15, 0.2) is 34.5 Å². The summed E-state index contributed by atoms with van der Waals surface area (Å²) in [6.45, 7) is 13.5. The number of alkyl halides is 34. The lowest BCUT2D eigenvalue weighted by Gasteiger charge is -2.42. The zero-order chi connectivity index (χ0) is 73.6. The van der Waals surface area contributed by atoms with E-state index in [-0.39, 0.29) is 53.2 Å². The van der Waals surface area contributed by atoms with E-state index < -0.39 is 114 Å². The van der Waals surface area contributed by atoms with Crippen LogP contribution in [0.2, 0.25) is 0 Å². The fourth-order valence-corrected chi connectivity index (χ4v) is 11.2. The summed E-state index contributed by atoms with van der Waals surface area (Å²) < 4.78 is 494. The first kappa shape index (κ1) is 85.8. The van der Waals surface area contributed by atoms with Crippen LogP contribution >= 0.6 is 0 Å². The highest BCUT2D eigenvalue weighted by Crippen LogP contribution is 2.66. The maximum absolute atomic E-state index is 13.0. The summed E-state index contributed by atoms with van der Waals surface area (Å²) >= 11 is -0.0416. The van der Waals surface area contributed by atoms with Crippen LogP contribution in [0.25, 0.3) is 0 Å². The van der Waals surface area contributed by atoms with Crippen LogP contribution in [0, 0.1) is 14.3 Å². The molecule has 4 aromatic rings. The molecule has 0 unspecified atom stereocenters. The third kappa shape index (κ3) is 16.1. The molecule has 4 rings (SSSR count). The average molecular weight is 1670 g/mol. The van der Waals surface area contributed by atoms with E-state index in [1.165, 1.54) is 25.4 Å². The molecule has 0 radical (unpaired) electrons. The Morgan fingerprint density at radius 1 is 0.250 bits per heavy atom. The van der Waals surface area contributed by atoms with Crippen LogP contribution in [0.3, 0.4) is 0 Å². The molecule has 0 aliphatic rings. The van der Waals surface area contributed by atoms with Gasteiger partial charge in [0.2, 0.25) is 0 Å². The van der Waals surface area contributed by atoms with Gasteiger partial charge in [-0.05, 0) is 70.5 Å². The van der Waals surface area contributed by atoms with Crippen molar-refractivity contribution >= 4 is 20.2 Å². The summed E-state index contributed by atoms with van der Waals surface area (Å²) in [5.41, 5.74) is 3.34. The molecular weight excluding hydrogens is 1640 g/mol. The van der Waals surface area contributed by atoms with Crippen molar-refractivity contribution in [2.75, 3.05) is 0 Å². The van der Waals surface area contributed by atoms with Gasteiger partial charge in [0, 0.05) is 0 Å². The Kier molecular flexibility index (Phi) is 25.2. The molecule has 44 heteroatoms. The molecule has 0 spiro atoms. The Morgan fingerprint density at radius 2 is 0.413 bits per heavy atom. The van der Waals surface area contributed by atoms with Crippen molar-refractivity contribution in [3.8, 4) is 0 Å². The van der Waals surface area contributed by atoms with Crippen molar-refractivity contribution in [1.29, 1.82) is 0 Å². The van der Waals surface area contributed by atoms with Gasteiger partial charge in [-0.25, -0.2) is 16.8 Å². The van der Waals surface area contributed by atoms with Gasteiger partial charge in [-0.1, -0.05) is 102 Å². The summed E-state index contributed by atoms with van der Waals surface area (Å²) in [5, 5.41) is -15.9. The van der Waals surface area contributed by atoms with Gasteiger partial charge in [-0.3, -0.25) is 0 Å². The highest BCUT2D eigenvalue weighted by molar-refractivity contribution is 7.87. The summed E-state index contributed by atoms with van der Waals surface area (Å²) in [5.74, 6) is -104. The van der Waals surface area contributed by atoms with Crippen LogP contribution in [-0.2, 0) is 31.1 Å². The molecule has 0 bridgehead atoms. The van der Waals surface area contributed by atoms with Crippen molar-refractivity contribution < 1.29 is 218 Å². The number of rotatable bonds is 18. The molecule has 528 valence electrons. The fraction of sp³-hybridized carbons (Fsp3) is 0.500. The standard InChI is InChI=1S/2C16H18I.2C8HF17O3S/c2*1-16(2,3)13-9-11-15(12-10-13)17-14-7-5-4-6-8-14;2*9-1(10,3(13,14)5(17,18)7(21,22)23)2(11,12)4(15,16)6(19,20)8(24,25)29(26,27)28/h2*4-12H,1-3H3;2*(H,26,27,28)/q2*+1;;/p-2. The Morgan fingerprint density at radius 3 is 0.576 bits per heavy atom. The van der Waals surface area contributed by atoms with Gasteiger partial charge in [0.1, 0.15) is 0 Å². The van der Waals surface area contributed by atoms with Crippen molar-refractivity contribution in [1.82, 2.24) is 0 Å². The molecule has 0 atom stereocenters. The molecule has 6 nitrogen and oxygen atoms in total. The van der Waals surface area contributed by atoms with E-state index >= 15 is 0 Å². The second-order valence-corrected chi connectivity index (χ2v) is 29.0. The predicted molar refractivity (Wildman–Crippen MR) is 239 cm³/mol. The smallest absolute Gasteiger partial charge is 0.460 e. The molecule has 92 heavy (non-hydrogen) atoms. The lowest BCUT2D eigenvalue weighted by atomic mass is 9.87. The highest BCUT2D eigenvalue weighted by atomic mass is 127. The van der Waals surface area contributed by atoms with Crippen LogP contribution in [0.15, 0.2) is 109 Å². The molecular formula is C48H36F34I2O6S2. The molecule has 0 fully saturated rings. The van der Waals surface area contributed by atoms with Crippen LogP contribution in [0.1, 0.15) is 52.7 Å². The Bertz CT molecular complexity index is 3090. The fourth-order valence-electron chi connectivity index (χ4n) is 5.85. The first-order valence-electron chi connectivity index (χ1n) is 23.1. The third-order valence-corrected chi connectivity index (χ3v) is 18.5. The monoisotopic (exact) mass is 1670 g/mol. The van der Waals surface area contributed by atoms with E-state index in [1.807, 2.05) is 0 Å². The van der Waals surface area contributed by atoms with Crippen molar-refractivity contribution in [2.45, 2.75) is 146 Å². The number of halogens is 36. The summed E-state index contributed by atoms with van der Waals surface area (Å²) in [7, 11) is -16.3. The lowest BCUT2D eigenvalue weighted by Crippen LogP contribution is -3.61. The van der Waals surface area contributed by atoms with Crippen LogP contribution in [-0.4, -0.2) is 120 Å². The van der Waals surface area contributed by atoms with Gasteiger partial charge in [-0.2, -0.15) is 149 Å². The lowest BCUT2D eigenvalue weighted by molar-refractivity contribution is -0.597. The zero-order valence-corrected chi connectivity index (χ0v) is 51.2. The highest BCUT2D eigenvalue weighted by Gasteiger charge is 2.97. The van der Waals surface area contributed by atoms with E-state index in [1.54, 1.807) is 0 Å². The molecule has 0 amide bonds. The summed E-state index contributed by atoms with van der Waals surface area (Å²) in [6, 6.07) is 39.8. The third-order valence-electron chi connectivity index (χ3n) is 11.3. The van der Waals surface area contributed by atoms with Crippen molar-refractivity contribution in [2.24, 2.45) is 0 Å². The van der Waals surface area contributed by atoms with Gasteiger partial charge in [0.05, 0.1) is 0 Å². The normalized spacial score (nSPS) is 14.9. The maximum atomic E-state index is 13.0. The maximum Gasteiger partial charge on any atom is 0.460 e. The van der Waals surface area contributed by atoms with E-state index in [2.05, 4.69) is 151 Å². The first-order valence-corrected chi connectivity index (χ1v) is 30.2. The molecule has 0 saturated carbocycles. The topological polar surface area (TPSA) is 114 Å². The molecule has 0 aromatic heterocycles. The number of benzene rings is 4. The van der Waals surface area contributed by atoms with E-state index in [0.29, 0.717) is 0 Å². The number of hydrogen-bond donors (Lipinski definition) is 0. The molecule has 0 saturated heterocycles. The zero-order valence-electron chi connectivity index (χ0n) is 45.3. The minimum atomic E-state index is -8.92. The van der Waals surface area contributed by atoms with E-state index in [9.17, 15) is 175 Å². The van der Waals surface area contributed by atoms with Gasteiger partial charge < -0.3 is 9.11 Å². The molecule has 0 aliphatic heterocycles. The minimum Gasteiger partial charge on any atom is -0.743 e. The largest absolute Gasteiger partial charge is 0.743 e. The Balaban J connectivity index is 0.000000630. The first-order chi connectivity index (χ1) is 40.1. The van der Waals surface area contributed by atoms with E-state index in [0.717, 1.165) is 0 Å². The Labute approximate surface area is 516 Å². The van der Waals surface area contributed by atoms with Crippen LogP contribution in [0.4, 0.5) is 149 Å². The predicted octanol–water partition coefficient (Wildman–Crippen LogP) is 11.2. The summed E-state index contributed by atoms with van der Waals surface area (Å²) in [6.07, 6.45) is -15.8. The molecule has 0 heterocycles. The van der Waals surface area contributed by atoms with Gasteiger partial charge in [-0.15, -0.1) is 0 Å². The molecule has 0 aliphatic carbocycles. The van der Waals surface area contributed by atoms with Crippen molar-refractivity contribution in [3.63, 3.8) is 0 Å². The van der Waals surface area contributed by atoms with Crippen molar-refractivity contribution in [3.05, 3.63) is 135 Å². The second kappa shape index (κ2) is 27.0. The quantitative estimate of drug-likeness (QED) is 0.0557. The molecule has 4 aromatic carbocycles. The van der Waals surface area contributed by atoms with Crippen LogP contribution in [0.5, 0.6) is 0 Å². The minimum absolute atomic E-state index is 0.0208.